The molecule has 0 aromatic carbocycles. The van der Waals surface area contributed by atoms with E-state index in [1.165, 1.54) is 15.0 Å². The molecular formula is C12H14N2O2S. The zero-order valence-corrected chi connectivity index (χ0v) is 10.8. The lowest BCUT2D eigenvalue weighted by atomic mass is 10.2. The molecule has 17 heavy (non-hydrogen) atoms. The summed E-state index contributed by atoms with van der Waals surface area (Å²) >= 11 is 1.57. The fourth-order valence-electron chi connectivity index (χ4n) is 2.65. The average molecular weight is 250 g/mol. The van der Waals surface area contributed by atoms with Gasteiger partial charge in [0.2, 0.25) is 0 Å². The molecule has 0 radical (unpaired) electrons. The molecular weight excluding hydrogens is 236 g/mol. The SMILES string of the molecule is CCn1c(=O)c2sc3c(c2n(C)c1=O)CCC3. The van der Waals surface area contributed by atoms with Gasteiger partial charge >= 0.3 is 5.69 Å². The van der Waals surface area contributed by atoms with Gasteiger partial charge in [0.05, 0.1) is 5.52 Å². The Morgan fingerprint density at radius 1 is 1.29 bits per heavy atom. The van der Waals surface area contributed by atoms with E-state index in [1.807, 2.05) is 6.92 Å². The number of rotatable bonds is 1. The summed E-state index contributed by atoms with van der Waals surface area (Å²) < 4.78 is 3.70. The number of hydrogen-bond donors (Lipinski definition) is 0. The zero-order chi connectivity index (χ0) is 12.2. The van der Waals surface area contributed by atoms with Gasteiger partial charge in [0.15, 0.2) is 0 Å². The van der Waals surface area contributed by atoms with E-state index in [1.54, 1.807) is 23.0 Å². The van der Waals surface area contributed by atoms with E-state index in [9.17, 15) is 9.59 Å². The van der Waals surface area contributed by atoms with Gasteiger partial charge in [0, 0.05) is 18.5 Å². The third kappa shape index (κ3) is 1.29. The minimum absolute atomic E-state index is 0.120. The van der Waals surface area contributed by atoms with Crippen molar-refractivity contribution in [2.75, 3.05) is 0 Å². The van der Waals surface area contributed by atoms with Crippen LogP contribution in [-0.4, -0.2) is 9.13 Å². The number of thiophene rings is 1. The molecule has 5 heteroatoms. The van der Waals surface area contributed by atoms with Crippen molar-refractivity contribution in [3.63, 3.8) is 0 Å². The molecule has 0 atom stereocenters. The van der Waals surface area contributed by atoms with Crippen LogP contribution in [0, 0.1) is 0 Å². The smallest absolute Gasteiger partial charge is 0.295 e. The molecule has 0 aliphatic heterocycles. The maximum atomic E-state index is 12.2. The molecule has 90 valence electrons. The van der Waals surface area contributed by atoms with Gasteiger partial charge in [-0.1, -0.05) is 0 Å². The van der Waals surface area contributed by atoms with Gasteiger partial charge in [-0.2, -0.15) is 0 Å². The van der Waals surface area contributed by atoms with Crippen molar-refractivity contribution in [1.29, 1.82) is 0 Å². The molecule has 0 unspecified atom stereocenters. The second-order valence-corrected chi connectivity index (χ2v) is 5.53. The molecule has 0 N–H and O–H groups in total. The molecule has 0 bridgehead atoms. The zero-order valence-electron chi connectivity index (χ0n) is 9.95. The number of aryl methyl sites for hydroxylation is 3. The molecule has 1 aliphatic rings. The van der Waals surface area contributed by atoms with Gasteiger partial charge in [0.25, 0.3) is 5.56 Å². The van der Waals surface area contributed by atoms with Gasteiger partial charge in [-0.3, -0.25) is 13.9 Å². The molecule has 2 heterocycles. The van der Waals surface area contributed by atoms with Crippen LogP contribution in [0.2, 0.25) is 0 Å². The Labute approximate surface area is 102 Å². The molecule has 0 spiro atoms. The topological polar surface area (TPSA) is 44.0 Å². The highest BCUT2D eigenvalue weighted by Crippen LogP contribution is 2.34. The van der Waals surface area contributed by atoms with Crippen LogP contribution in [0.3, 0.4) is 0 Å². The summed E-state index contributed by atoms with van der Waals surface area (Å²) in [5.41, 5.74) is 1.79. The first kappa shape index (κ1) is 10.8. The Balaban J connectivity index is 2.56. The van der Waals surface area contributed by atoms with Crippen LogP contribution in [0.5, 0.6) is 0 Å². The van der Waals surface area contributed by atoms with Crippen molar-refractivity contribution >= 4 is 21.6 Å². The van der Waals surface area contributed by atoms with E-state index in [4.69, 9.17) is 0 Å². The van der Waals surface area contributed by atoms with E-state index < -0.39 is 0 Å². The van der Waals surface area contributed by atoms with Gasteiger partial charge < -0.3 is 0 Å². The molecule has 0 amide bonds. The van der Waals surface area contributed by atoms with E-state index >= 15 is 0 Å². The fraction of sp³-hybridized carbons (Fsp3) is 0.500. The van der Waals surface area contributed by atoms with E-state index in [2.05, 4.69) is 0 Å². The Morgan fingerprint density at radius 3 is 2.76 bits per heavy atom. The standard InChI is InChI=1S/C12H14N2O2S/c1-3-14-11(15)10-9(13(2)12(14)16)7-5-4-6-8(7)17-10/h3-6H2,1-2H3. The molecule has 0 fully saturated rings. The number of fused-ring (bicyclic) bond motifs is 3. The Kier molecular flexibility index (Phi) is 2.26. The molecule has 0 saturated carbocycles. The van der Waals surface area contributed by atoms with Crippen LogP contribution < -0.4 is 11.2 Å². The van der Waals surface area contributed by atoms with Crippen molar-refractivity contribution in [1.82, 2.24) is 9.13 Å². The van der Waals surface area contributed by atoms with Crippen molar-refractivity contribution in [3.8, 4) is 0 Å². The van der Waals surface area contributed by atoms with Crippen LogP contribution in [0.4, 0.5) is 0 Å². The number of aromatic nitrogens is 2. The molecule has 2 aromatic heterocycles. The predicted octanol–water partition coefficient (Wildman–Crippen LogP) is 1.27. The predicted molar refractivity (Wildman–Crippen MR) is 69.0 cm³/mol. The Morgan fingerprint density at radius 2 is 2.06 bits per heavy atom. The lowest BCUT2D eigenvalue weighted by Crippen LogP contribution is -2.38. The second-order valence-electron chi connectivity index (χ2n) is 4.43. The minimum Gasteiger partial charge on any atom is -0.295 e. The summed E-state index contributed by atoms with van der Waals surface area (Å²) in [6, 6.07) is 0. The van der Waals surface area contributed by atoms with Crippen LogP contribution in [-0.2, 0) is 26.4 Å². The van der Waals surface area contributed by atoms with Gasteiger partial charge in [0.1, 0.15) is 4.70 Å². The molecule has 3 rings (SSSR count). The van der Waals surface area contributed by atoms with Gasteiger partial charge in [-0.05, 0) is 31.7 Å². The Bertz CT molecular complexity index is 721. The monoisotopic (exact) mass is 250 g/mol. The molecule has 0 saturated heterocycles. The van der Waals surface area contributed by atoms with Crippen molar-refractivity contribution < 1.29 is 0 Å². The van der Waals surface area contributed by atoms with Crippen LogP contribution in [0.1, 0.15) is 23.8 Å². The third-order valence-corrected chi connectivity index (χ3v) is 4.77. The normalized spacial score (nSPS) is 14.5. The van der Waals surface area contributed by atoms with Crippen LogP contribution >= 0.6 is 11.3 Å². The first-order valence-corrected chi connectivity index (χ1v) is 6.71. The van der Waals surface area contributed by atoms with E-state index in [0.717, 1.165) is 29.5 Å². The third-order valence-electron chi connectivity index (χ3n) is 3.50. The summed E-state index contributed by atoms with van der Waals surface area (Å²) in [6.07, 6.45) is 3.19. The minimum atomic E-state index is -0.197. The number of hydrogen-bond acceptors (Lipinski definition) is 3. The van der Waals surface area contributed by atoms with E-state index in [-0.39, 0.29) is 11.2 Å². The highest BCUT2D eigenvalue weighted by Gasteiger charge is 2.22. The quantitative estimate of drug-likeness (QED) is 0.765. The maximum Gasteiger partial charge on any atom is 0.331 e. The maximum absolute atomic E-state index is 12.2. The highest BCUT2D eigenvalue weighted by molar-refractivity contribution is 7.19. The number of nitrogens with zero attached hydrogens (tertiary/aromatic N) is 2. The van der Waals surface area contributed by atoms with Crippen LogP contribution in [0.25, 0.3) is 10.2 Å². The fourth-order valence-corrected chi connectivity index (χ4v) is 4.02. The van der Waals surface area contributed by atoms with Crippen molar-refractivity contribution in [3.05, 3.63) is 31.3 Å². The summed E-state index contributed by atoms with van der Waals surface area (Å²) in [4.78, 5) is 25.6. The van der Waals surface area contributed by atoms with Crippen LogP contribution in [0.15, 0.2) is 9.59 Å². The summed E-state index contributed by atoms with van der Waals surface area (Å²) in [5, 5.41) is 0. The van der Waals surface area contributed by atoms with Gasteiger partial charge in [-0.15, -0.1) is 11.3 Å². The van der Waals surface area contributed by atoms with Gasteiger partial charge in [-0.25, -0.2) is 4.79 Å². The molecule has 1 aliphatic carbocycles. The average Bonchev–Trinajstić information content (AvgIpc) is 2.86. The lowest BCUT2D eigenvalue weighted by Gasteiger charge is -2.07. The highest BCUT2D eigenvalue weighted by atomic mass is 32.1. The molecule has 4 nitrogen and oxygen atoms in total. The van der Waals surface area contributed by atoms with E-state index in [0.29, 0.717) is 6.54 Å². The second kappa shape index (κ2) is 3.57. The largest absolute Gasteiger partial charge is 0.331 e. The Hall–Kier alpha value is -1.36. The van der Waals surface area contributed by atoms with Crippen molar-refractivity contribution in [2.45, 2.75) is 32.7 Å². The van der Waals surface area contributed by atoms with Crippen molar-refractivity contribution in [2.24, 2.45) is 7.05 Å². The first-order valence-electron chi connectivity index (χ1n) is 5.89. The first-order chi connectivity index (χ1) is 8.15. The summed E-state index contributed by atoms with van der Waals surface area (Å²) in [6.45, 7) is 2.26. The summed E-state index contributed by atoms with van der Waals surface area (Å²) in [7, 11) is 1.77. The lowest BCUT2D eigenvalue weighted by molar-refractivity contribution is 0.641. The molecule has 2 aromatic rings. The summed E-state index contributed by atoms with van der Waals surface area (Å²) in [5.74, 6) is 0.